The zero-order valence-corrected chi connectivity index (χ0v) is 13.1. The second-order valence-electron chi connectivity index (χ2n) is 4.52. The molecule has 2 unspecified atom stereocenters. The van der Waals surface area contributed by atoms with Crippen LogP contribution < -0.4 is 5.32 Å². The van der Waals surface area contributed by atoms with Gasteiger partial charge in [-0.1, -0.05) is 0 Å². The van der Waals surface area contributed by atoms with Crippen LogP contribution in [0.2, 0.25) is 0 Å². The second kappa shape index (κ2) is 7.60. The van der Waals surface area contributed by atoms with Gasteiger partial charge in [-0.15, -0.1) is 11.3 Å². The minimum atomic E-state index is 0.239. The molecule has 2 heterocycles. The van der Waals surface area contributed by atoms with Crippen molar-refractivity contribution in [3.63, 3.8) is 0 Å². The number of hydrogen-bond acceptors (Lipinski definition) is 4. The highest BCUT2D eigenvalue weighted by atomic mass is 79.9. The molecule has 0 spiro atoms. The second-order valence-corrected chi connectivity index (χ2v) is 6.33. The van der Waals surface area contributed by atoms with Gasteiger partial charge in [0.1, 0.15) is 0 Å². The number of hydrogen-bond donors (Lipinski definition) is 1. The lowest BCUT2D eigenvalue weighted by molar-refractivity contribution is -0.0262. The molecular weight excluding hydrogens is 314 g/mol. The first-order valence-corrected chi connectivity index (χ1v) is 8.04. The SMILES string of the molecule is COCCNCC1CCCOC1c1sccc1Br. The van der Waals surface area contributed by atoms with Crippen molar-refractivity contribution in [2.75, 3.05) is 33.4 Å². The minimum Gasteiger partial charge on any atom is -0.383 e. The van der Waals surface area contributed by atoms with Crippen molar-refractivity contribution in [2.45, 2.75) is 18.9 Å². The number of methoxy groups -OCH3 is 1. The average molecular weight is 334 g/mol. The maximum absolute atomic E-state index is 5.98. The maximum atomic E-state index is 5.98. The van der Waals surface area contributed by atoms with Crippen LogP contribution in [0.5, 0.6) is 0 Å². The molecule has 2 rings (SSSR count). The van der Waals surface area contributed by atoms with Crippen LogP contribution in [-0.2, 0) is 9.47 Å². The van der Waals surface area contributed by atoms with Crippen molar-refractivity contribution in [1.29, 1.82) is 0 Å². The molecular formula is C13H20BrNO2S. The Morgan fingerprint density at radius 2 is 2.50 bits per heavy atom. The lowest BCUT2D eigenvalue weighted by Crippen LogP contribution is -2.33. The summed E-state index contributed by atoms with van der Waals surface area (Å²) in [6, 6.07) is 2.10. The number of nitrogens with one attached hydrogen (secondary N) is 1. The quantitative estimate of drug-likeness (QED) is 0.811. The van der Waals surface area contributed by atoms with Gasteiger partial charge in [0, 0.05) is 42.1 Å². The van der Waals surface area contributed by atoms with Gasteiger partial charge in [-0.25, -0.2) is 0 Å². The Labute approximate surface area is 121 Å². The van der Waals surface area contributed by atoms with Crippen LogP contribution in [0.25, 0.3) is 0 Å². The summed E-state index contributed by atoms with van der Waals surface area (Å²) in [5.41, 5.74) is 0. The minimum absolute atomic E-state index is 0.239. The van der Waals surface area contributed by atoms with E-state index < -0.39 is 0 Å². The fraction of sp³-hybridized carbons (Fsp3) is 0.692. The van der Waals surface area contributed by atoms with Crippen LogP contribution in [0.4, 0.5) is 0 Å². The molecule has 5 heteroatoms. The molecule has 0 aliphatic carbocycles. The topological polar surface area (TPSA) is 30.5 Å². The van der Waals surface area contributed by atoms with Crippen LogP contribution in [0, 0.1) is 5.92 Å². The third kappa shape index (κ3) is 3.78. The normalized spacial score (nSPS) is 24.3. The van der Waals surface area contributed by atoms with Gasteiger partial charge in [0.15, 0.2) is 0 Å². The van der Waals surface area contributed by atoms with E-state index in [0.29, 0.717) is 5.92 Å². The molecule has 18 heavy (non-hydrogen) atoms. The smallest absolute Gasteiger partial charge is 0.0968 e. The summed E-state index contributed by atoms with van der Waals surface area (Å²) in [7, 11) is 1.73. The Balaban J connectivity index is 1.92. The first-order valence-electron chi connectivity index (χ1n) is 6.37. The van der Waals surface area contributed by atoms with Gasteiger partial charge in [0.05, 0.1) is 12.7 Å². The summed E-state index contributed by atoms with van der Waals surface area (Å²) < 4.78 is 12.2. The Morgan fingerprint density at radius 3 is 3.22 bits per heavy atom. The van der Waals surface area contributed by atoms with Crippen molar-refractivity contribution in [1.82, 2.24) is 5.32 Å². The van der Waals surface area contributed by atoms with E-state index in [-0.39, 0.29) is 6.10 Å². The molecule has 1 aliphatic rings. The molecule has 1 saturated heterocycles. The largest absolute Gasteiger partial charge is 0.383 e. The standard InChI is InChI=1S/C13H20BrNO2S/c1-16-7-5-15-9-10-3-2-6-17-12(10)13-11(14)4-8-18-13/h4,8,10,12,15H,2-3,5-7,9H2,1H3. The molecule has 102 valence electrons. The Morgan fingerprint density at radius 1 is 1.61 bits per heavy atom. The predicted molar refractivity (Wildman–Crippen MR) is 78.2 cm³/mol. The van der Waals surface area contributed by atoms with Crippen LogP contribution in [0.15, 0.2) is 15.9 Å². The summed E-state index contributed by atoms with van der Waals surface area (Å²) in [6.45, 7) is 3.55. The van der Waals surface area contributed by atoms with Gasteiger partial charge in [0.2, 0.25) is 0 Å². The summed E-state index contributed by atoms with van der Waals surface area (Å²) in [5.74, 6) is 0.561. The zero-order valence-electron chi connectivity index (χ0n) is 10.7. The maximum Gasteiger partial charge on any atom is 0.0968 e. The fourth-order valence-electron chi connectivity index (χ4n) is 2.31. The Kier molecular flexibility index (Phi) is 6.11. The Bertz CT molecular complexity index is 359. The molecule has 1 N–H and O–H groups in total. The monoisotopic (exact) mass is 333 g/mol. The lowest BCUT2D eigenvalue weighted by Gasteiger charge is -2.31. The molecule has 0 amide bonds. The highest BCUT2D eigenvalue weighted by Crippen LogP contribution is 2.39. The summed E-state index contributed by atoms with van der Waals surface area (Å²) in [4.78, 5) is 1.33. The van der Waals surface area contributed by atoms with Crippen LogP contribution in [0.3, 0.4) is 0 Å². The van der Waals surface area contributed by atoms with Crippen LogP contribution >= 0.6 is 27.3 Å². The highest BCUT2D eigenvalue weighted by Gasteiger charge is 2.29. The molecule has 1 aromatic heterocycles. The van der Waals surface area contributed by atoms with E-state index in [2.05, 4.69) is 32.7 Å². The van der Waals surface area contributed by atoms with Gasteiger partial charge >= 0.3 is 0 Å². The summed E-state index contributed by atoms with van der Waals surface area (Å²) in [6.07, 6.45) is 2.63. The van der Waals surface area contributed by atoms with Crippen molar-refractivity contribution in [3.05, 3.63) is 20.8 Å². The van der Waals surface area contributed by atoms with Crippen molar-refractivity contribution in [3.8, 4) is 0 Å². The van der Waals surface area contributed by atoms with E-state index in [1.54, 1.807) is 18.4 Å². The molecule has 0 aromatic carbocycles. The molecule has 2 atom stereocenters. The third-order valence-corrected chi connectivity index (χ3v) is 5.17. The van der Waals surface area contributed by atoms with E-state index in [1.807, 2.05) is 0 Å². The van der Waals surface area contributed by atoms with E-state index in [0.717, 1.165) is 32.7 Å². The van der Waals surface area contributed by atoms with E-state index in [1.165, 1.54) is 15.8 Å². The van der Waals surface area contributed by atoms with E-state index in [4.69, 9.17) is 9.47 Å². The summed E-state index contributed by atoms with van der Waals surface area (Å²) in [5, 5.41) is 5.57. The zero-order chi connectivity index (χ0) is 12.8. The Hall–Kier alpha value is 0.0600. The van der Waals surface area contributed by atoms with Gasteiger partial charge < -0.3 is 14.8 Å². The predicted octanol–water partition coefficient (Wildman–Crippen LogP) is 3.21. The third-order valence-electron chi connectivity index (χ3n) is 3.24. The van der Waals surface area contributed by atoms with Crippen molar-refractivity contribution < 1.29 is 9.47 Å². The molecule has 3 nitrogen and oxygen atoms in total. The van der Waals surface area contributed by atoms with Crippen molar-refractivity contribution >= 4 is 27.3 Å². The molecule has 1 fully saturated rings. The first-order chi connectivity index (χ1) is 8.83. The highest BCUT2D eigenvalue weighted by molar-refractivity contribution is 9.10. The number of thiophene rings is 1. The van der Waals surface area contributed by atoms with Gasteiger partial charge in [0.25, 0.3) is 0 Å². The molecule has 0 bridgehead atoms. The molecule has 0 radical (unpaired) electrons. The number of ether oxygens (including phenoxy) is 2. The average Bonchev–Trinajstić information content (AvgIpc) is 2.81. The van der Waals surface area contributed by atoms with Crippen molar-refractivity contribution in [2.24, 2.45) is 5.92 Å². The van der Waals surface area contributed by atoms with Crippen LogP contribution in [-0.4, -0.2) is 33.4 Å². The van der Waals surface area contributed by atoms with Gasteiger partial charge in [-0.05, 0) is 40.2 Å². The number of halogens is 1. The molecule has 1 aromatic rings. The summed E-state index contributed by atoms with van der Waals surface area (Å²) >= 11 is 5.39. The van der Waals surface area contributed by atoms with E-state index >= 15 is 0 Å². The van der Waals surface area contributed by atoms with Gasteiger partial charge in [-0.2, -0.15) is 0 Å². The van der Waals surface area contributed by atoms with Crippen LogP contribution in [0.1, 0.15) is 23.8 Å². The molecule has 0 saturated carbocycles. The lowest BCUT2D eigenvalue weighted by atomic mass is 9.93. The fourth-order valence-corrected chi connectivity index (χ4v) is 4.05. The number of rotatable bonds is 6. The van der Waals surface area contributed by atoms with E-state index in [9.17, 15) is 0 Å². The van der Waals surface area contributed by atoms with Gasteiger partial charge in [-0.3, -0.25) is 0 Å². The molecule has 1 aliphatic heterocycles. The first kappa shape index (κ1) is 14.5.